The maximum Gasteiger partial charge on any atom is 0.191 e. The van der Waals surface area contributed by atoms with Crippen LogP contribution in [0.25, 0.3) is 0 Å². The first-order chi connectivity index (χ1) is 10.6. The Hall–Kier alpha value is -0.540. The Morgan fingerprint density at radius 1 is 1.35 bits per heavy atom. The highest BCUT2D eigenvalue weighted by Crippen LogP contribution is 2.25. The number of nitrogens with zero attached hydrogens (tertiary/aromatic N) is 1. The molecule has 4 nitrogen and oxygen atoms in total. The molecule has 1 fully saturated rings. The lowest BCUT2D eigenvalue weighted by atomic mass is 9.89. The van der Waals surface area contributed by atoms with Crippen molar-refractivity contribution in [3.05, 3.63) is 35.1 Å². The highest BCUT2D eigenvalue weighted by Gasteiger charge is 2.33. The van der Waals surface area contributed by atoms with Crippen LogP contribution < -0.4 is 10.6 Å². The normalized spacial score (nSPS) is 16.3. The number of hydrogen-bond acceptors (Lipinski definition) is 3. The number of aliphatic imine (C=N–C) groups is 1. The molecular weight excluding hydrogens is 428 g/mol. The van der Waals surface area contributed by atoms with E-state index in [1.165, 1.54) is 6.07 Å². The number of hydrogen-bond donors (Lipinski definition) is 2. The standard InChI is InChI=1S/C16H24FN3OS.HI/c1-16(10-21-11-16)9-20-15(18-2)19-7-12-4-5-14(17)6-13(12)8-22-3;/h4-6H,7-11H2,1-3H3,(H2,18,19,20);1H. The summed E-state index contributed by atoms with van der Waals surface area (Å²) in [7, 11) is 1.75. The second-order valence-corrected chi connectivity index (χ2v) is 6.79. The van der Waals surface area contributed by atoms with E-state index in [0.29, 0.717) is 6.54 Å². The predicted octanol–water partition coefficient (Wildman–Crippen LogP) is 3.01. The van der Waals surface area contributed by atoms with Gasteiger partial charge >= 0.3 is 0 Å². The van der Waals surface area contributed by atoms with E-state index in [0.717, 1.165) is 42.6 Å². The average Bonchev–Trinajstić information content (AvgIpc) is 2.47. The molecule has 0 bridgehead atoms. The van der Waals surface area contributed by atoms with E-state index < -0.39 is 0 Å². The van der Waals surface area contributed by atoms with Gasteiger partial charge in [-0.05, 0) is 29.5 Å². The van der Waals surface area contributed by atoms with Crippen LogP contribution in [0, 0.1) is 11.2 Å². The molecule has 1 aromatic rings. The fourth-order valence-electron chi connectivity index (χ4n) is 2.31. The zero-order valence-electron chi connectivity index (χ0n) is 13.8. The highest BCUT2D eigenvalue weighted by atomic mass is 127. The number of benzene rings is 1. The first-order valence-corrected chi connectivity index (χ1v) is 8.74. The van der Waals surface area contributed by atoms with Gasteiger partial charge in [-0.2, -0.15) is 11.8 Å². The van der Waals surface area contributed by atoms with Gasteiger partial charge in [0.1, 0.15) is 5.82 Å². The molecule has 0 amide bonds. The maximum atomic E-state index is 13.4. The molecule has 130 valence electrons. The second kappa shape index (κ2) is 9.68. The van der Waals surface area contributed by atoms with Crippen molar-refractivity contribution >= 4 is 41.7 Å². The first kappa shape index (κ1) is 20.5. The summed E-state index contributed by atoms with van der Waals surface area (Å²) >= 11 is 1.69. The third-order valence-corrected chi connectivity index (χ3v) is 4.32. The number of thioether (sulfide) groups is 1. The molecule has 1 aliphatic heterocycles. The Morgan fingerprint density at radius 2 is 2.09 bits per heavy atom. The summed E-state index contributed by atoms with van der Waals surface area (Å²) in [5.74, 6) is 1.37. The molecule has 0 unspecified atom stereocenters. The first-order valence-electron chi connectivity index (χ1n) is 7.35. The molecule has 7 heteroatoms. The van der Waals surface area contributed by atoms with Crippen LogP contribution in [0.4, 0.5) is 4.39 Å². The van der Waals surface area contributed by atoms with Crippen molar-refractivity contribution < 1.29 is 9.13 Å². The zero-order chi connectivity index (χ0) is 16.0. The lowest BCUT2D eigenvalue weighted by Crippen LogP contribution is -2.50. The number of ether oxygens (including phenoxy) is 1. The third-order valence-electron chi connectivity index (χ3n) is 3.72. The Balaban J connectivity index is 0.00000264. The minimum atomic E-state index is -0.187. The summed E-state index contributed by atoms with van der Waals surface area (Å²) in [6.07, 6.45) is 2.02. The van der Waals surface area contributed by atoms with Crippen LogP contribution in [0.2, 0.25) is 0 Å². The molecule has 2 N–H and O–H groups in total. The van der Waals surface area contributed by atoms with E-state index in [-0.39, 0.29) is 35.2 Å². The minimum Gasteiger partial charge on any atom is -0.380 e. The fourth-order valence-corrected chi connectivity index (χ4v) is 2.89. The van der Waals surface area contributed by atoms with E-state index >= 15 is 0 Å². The van der Waals surface area contributed by atoms with Crippen LogP contribution in [0.15, 0.2) is 23.2 Å². The smallest absolute Gasteiger partial charge is 0.191 e. The molecule has 2 rings (SSSR count). The molecule has 1 heterocycles. The summed E-state index contributed by atoms with van der Waals surface area (Å²) in [5.41, 5.74) is 2.31. The Labute approximate surface area is 159 Å². The van der Waals surface area contributed by atoms with Crippen molar-refractivity contribution in [1.82, 2.24) is 10.6 Å². The Morgan fingerprint density at radius 3 is 2.65 bits per heavy atom. The lowest BCUT2D eigenvalue weighted by molar-refractivity contribution is -0.0971. The molecule has 1 saturated heterocycles. The van der Waals surface area contributed by atoms with Gasteiger partial charge in [-0.25, -0.2) is 4.39 Å². The Kier molecular flexibility index (Phi) is 8.63. The summed E-state index contributed by atoms with van der Waals surface area (Å²) in [4.78, 5) is 4.23. The van der Waals surface area contributed by atoms with E-state index in [9.17, 15) is 4.39 Å². The minimum absolute atomic E-state index is 0. The van der Waals surface area contributed by atoms with Gasteiger partial charge in [0.2, 0.25) is 0 Å². The van der Waals surface area contributed by atoms with Gasteiger partial charge in [0.05, 0.1) is 13.2 Å². The van der Waals surface area contributed by atoms with E-state index in [4.69, 9.17) is 4.74 Å². The Bertz CT molecular complexity index is 538. The zero-order valence-corrected chi connectivity index (χ0v) is 17.0. The number of rotatable bonds is 6. The van der Waals surface area contributed by atoms with E-state index in [1.54, 1.807) is 24.9 Å². The van der Waals surface area contributed by atoms with Crippen LogP contribution >= 0.6 is 35.7 Å². The van der Waals surface area contributed by atoms with Crippen LogP contribution in [0.1, 0.15) is 18.1 Å². The lowest BCUT2D eigenvalue weighted by Gasteiger charge is -2.38. The van der Waals surface area contributed by atoms with Crippen molar-refractivity contribution in [2.24, 2.45) is 10.4 Å². The monoisotopic (exact) mass is 453 g/mol. The molecule has 0 radical (unpaired) electrons. The predicted molar refractivity (Wildman–Crippen MR) is 106 cm³/mol. The highest BCUT2D eigenvalue weighted by molar-refractivity contribution is 14.0. The second-order valence-electron chi connectivity index (χ2n) is 5.93. The number of halogens is 2. The number of guanidine groups is 1. The van der Waals surface area contributed by atoms with Crippen molar-refractivity contribution in [2.75, 3.05) is 33.1 Å². The van der Waals surface area contributed by atoms with Crippen LogP contribution in [-0.4, -0.2) is 39.0 Å². The van der Waals surface area contributed by atoms with Gasteiger partial charge in [0, 0.05) is 31.3 Å². The van der Waals surface area contributed by atoms with Crippen molar-refractivity contribution in [2.45, 2.75) is 19.2 Å². The average molecular weight is 453 g/mol. The molecule has 0 atom stereocenters. The molecule has 1 aromatic carbocycles. The van der Waals surface area contributed by atoms with E-state index in [2.05, 4.69) is 22.5 Å². The van der Waals surface area contributed by atoms with Gasteiger partial charge < -0.3 is 15.4 Å². The van der Waals surface area contributed by atoms with Crippen LogP contribution in [-0.2, 0) is 17.0 Å². The summed E-state index contributed by atoms with van der Waals surface area (Å²) in [6, 6.07) is 4.95. The van der Waals surface area contributed by atoms with Crippen molar-refractivity contribution in [1.29, 1.82) is 0 Å². The largest absolute Gasteiger partial charge is 0.380 e. The topological polar surface area (TPSA) is 45.7 Å². The van der Waals surface area contributed by atoms with Crippen LogP contribution in [0.5, 0.6) is 0 Å². The van der Waals surface area contributed by atoms with Gasteiger partial charge in [-0.15, -0.1) is 24.0 Å². The van der Waals surface area contributed by atoms with Crippen molar-refractivity contribution in [3.63, 3.8) is 0 Å². The number of nitrogens with one attached hydrogen (secondary N) is 2. The fraction of sp³-hybridized carbons (Fsp3) is 0.562. The molecular formula is C16H25FIN3OS. The summed E-state index contributed by atoms with van der Waals surface area (Å²) in [6.45, 7) is 5.21. The molecule has 0 saturated carbocycles. The quantitative estimate of drug-likeness (QED) is 0.395. The molecule has 0 aliphatic carbocycles. The van der Waals surface area contributed by atoms with Gasteiger partial charge in [0.15, 0.2) is 5.96 Å². The maximum absolute atomic E-state index is 13.4. The molecule has 0 spiro atoms. The van der Waals surface area contributed by atoms with Gasteiger partial charge in [-0.3, -0.25) is 4.99 Å². The van der Waals surface area contributed by atoms with Gasteiger partial charge in [0.25, 0.3) is 0 Å². The van der Waals surface area contributed by atoms with E-state index in [1.807, 2.05) is 12.3 Å². The third kappa shape index (κ3) is 6.11. The molecule has 1 aliphatic rings. The molecule has 0 aromatic heterocycles. The summed E-state index contributed by atoms with van der Waals surface area (Å²) in [5, 5.41) is 6.62. The molecule has 23 heavy (non-hydrogen) atoms. The SMILES string of the molecule is CN=C(NCc1ccc(F)cc1CSC)NCC1(C)COC1.I. The van der Waals surface area contributed by atoms with Crippen molar-refractivity contribution in [3.8, 4) is 0 Å². The van der Waals surface area contributed by atoms with Crippen LogP contribution in [0.3, 0.4) is 0 Å². The van der Waals surface area contributed by atoms with Gasteiger partial charge in [-0.1, -0.05) is 13.0 Å². The summed E-state index contributed by atoms with van der Waals surface area (Å²) < 4.78 is 18.6.